The molecule has 0 aliphatic heterocycles. The number of hydrogen-bond donors (Lipinski definition) is 1. The quantitative estimate of drug-likeness (QED) is 0.893. The van der Waals surface area contributed by atoms with Gasteiger partial charge >= 0.3 is 0 Å². The van der Waals surface area contributed by atoms with Crippen LogP contribution in [0, 0.1) is 6.92 Å². The Balaban J connectivity index is 2.13. The zero-order valence-electron chi connectivity index (χ0n) is 11.5. The first kappa shape index (κ1) is 15.4. The van der Waals surface area contributed by atoms with E-state index in [1.165, 1.54) is 0 Å². The second-order valence-corrected chi connectivity index (χ2v) is 5.77. The summed E-state index contributed by atoms with van der Waals surface area (Å²) in [4.78, 5) is 0. The molecule has 2 aromatic rings. The first-order valence-corrected chi connectivity index (χ1v) is 7.49. The van der Waals surface area contributed by atoms with Crippen LogP contribution < -0.4 is 10.5 Å². The van der Waals surface area contributed by atoms with E-state index in [0.717, 1.165) is 33.5 Å². The maximum absolute atomic E-state index is 6.18. The number of aromatic nitrogens is 2. The van der Waals surface area contributed by atoms with E-state index in [1.54, 1.807) is 4.68 Å². The Bertz CT molecular complexity index is 613. The molecule has 6 heteroatoms. The van der Waals surface area contributed by atoms with Crippen LogP contribution in [0.1, 0.15) is 16.8 Å². The Labute approximate surface area is 132 Å². The Kier molecular flexibility index (Phi) is 5.07. The molecule has 0 bridgehead atoms. The standard InChI is InChI=1S/C14H17BrClN3O/c1-9-12(14(16)19(2)18-9)8-20-11-3-4-13(15)10(7-11)5-6-17/h3-4,7H,5-6,8,17H2,1-2H3. The van der Waals surface area contributed by atoms with Crippen LogP contribution in [0.5, 0.6) is 5.75 Å². The number of benzene rings is 1. The largest absolute Gasteiger partial charge is 0.489 e. The first-order chi connectivity index (χ1) is 9.52. The van der Waals surface area contributed by atoms with Crippen molar-refractivity contribution in [1.82, 2.24) is 9.78 Å². The summed E-state index contributed by atoms with van der Waals surface area (Å²) < 4.78 is 8.51. The summed E-state index contributed by atoms with van der Waals surface area (Å²) in [6, 6.07) is 5.89. The van der Waals surface area contributed by atoms with Gasteiger partial charge in [0.25, 0.3) is 0 Å². The second kappa shape index (κ2) is 6.61. The lowest BCUT2D eigenvalue weighted by molar-refractivity contribution is 0.305. The fourth-order valence-electron chi connectivity index (χ4n) is 1.98. The highest BCUT2D eigenvalue weighted by Crippen LogP contribution is 2.25. The van der Waals surface area contributed by atoms with Crippen molar-refractivity contribution < 1.29 is 4.74 Å². The minimum atomic E-state index is 0.405. The minimum absolute atomic E-state index is 0.405. The third kappa shape index (κ3) is 3.34. The van der Waals surface area contributed by atoms with Gasteiger partial charge in [-0.3, -0.25) is 4.68 Å². The maximum Gasteiger partial charge on any atom is 0.133 e. The van der Waals surface area contributed by atoms with Crippen molar-refractivity contribution in [2.45, 2.75) is 20.0 Å². The zero-order valence-corrected chi connectivity index (χ0v) is 13.8. The number of aryl methyl sites for hydroxylation is 2. The summed E-state index contributed by atoms with van der Waals surface area (Å²) in [6.45, 7) is 2.93. The maximum atomic E-state index is 6.18. The number of hydrogen-bond acceptors (Lipinski definition) is 3. The highest BCUT2D eigenvalue weighted by molar-refractivity contribution is 9.10. The van der Waals surface area contributed by atoms with Crippen LogP contribution in [-0.2, 0) is 20.1 Å². The first-order valence-electron chi connectivity index (χ1n) is 6.32. The Morgan fingerprint density at radius 2 is 2.20 bits per heavy atom. The lowest BCUT2D eigenvalue weighted by Gasteiger charge is -2.09. The highest BCUT2D eigenvalue weighted by Gasteiger charge is 2.12. The molecule has 0 fully saturated rings. The van der Waals surface area contributed by atoms with Gasteiger partial charge in [-0.2, -0.15) is 5.10 Å². The molecule has 0 aliphatic carbocycles. The van der Waals surface area contributed by atoms with Gasteiger partial charge in [-0.25, -0.2) is 0 Å². The van der Waals surface area contributed by atoms with E-state index in [2.05, 4.69) is 21.0 Å². The van der Waals surface area contributed by atoms with E-state index in [1.807, 2.05) is 32.2 Å². The van der Waals surface area contributed by atoms with Gasteiger partial charge in [-0.1, -0.05) is 27.5 Å². The molecule has 0 radical (unpaired) electrons. The van der Waals surface area contributed by atoms with Gasteiger partial charge < -0.3 is 10.5 Å². The summed E-state index contributed by atoms with van der Waals surface area (Å²) in [5.74, 6) is 0.802. The summed E-state index contributed by atoms with van der Waals surface area (Å²) in [6.07, 6.45) is 0.810. The molecule has 0 atom stereocenters. The predicted molar refractivity (Wildman–Crippen MR) is 84.2 cm³/mol. The topological polar surface area (TPSA) is 53.1 Å². The molecule has 1 aromatic carbocycles. The SMILES string of the molecule is Cc1nn(C)c(Cl)c1COc1ccc(Br)c(CCN)c1. The van der Waals surface area contributed by atoms with Gasteiger partial charge in [0.05, 0.1) is 5.69 Å². The van der Waals surface area contributed by atoms with E-state index in [4.69, 9.17) is 22.1 Å². The molecular formula is C14H17BrClN3O. The molecule has 1 heterocycles. The van der Waals surface area contributed by atoms with Crippen LogP contribution in [0.15, 0.2) is 22.7 Å². The van der Waals surface area contributed by atoms with Gasteiger partial charge in [0.15, 0.2) is 0 Å². The number of nitrogens with two attached hydrogens (primary N) is 1. The molecule has 0 saturated carbocycles. The Morgan fingerprint density at radius 3 is 2.80 bits per heavy atom. The van der Waals surface area contributed by atoms with Gasteiger partial charge in [-0.05, 0) is 43.7 Å². The van der Waals surface area contributed by atoms with E-state index >= 15 is 0 Å². The van der Waals surface area contributed by atoms with Crippen molar-refractivity contribution in [1.29, 1.82) is 0 Å². The van der Waals surface area contributed by atoms with Crippen LogP contribution in [0.4, 0.5) is 0 Å². The summed E-state index contributed by atoms with van der Waals surface area (Å²) in [5.41, 5.74) is 8.54. The van der Waals surface area contributed by atoms with E-state index in [9.17, 15) is 0 Å². The number of rotatable bonds is 5. The Morgan fingerprint density at radius 1 is 1.45 bits per heavy atom. The molecule has 20 heavy (non-hydrogen) atoms. The lowest BCUT2D eigenvalue weighted by Crippen LogP contribution is -2.04. The van der Waals surface area contributed by atoms with Crippen LogP contribution in [-0.4, -0.2) is 16.3 Å². The monoisotopic (exact) mass is 357 g/mol. The predicted octanol–water partition coefficient (Wildman–Crippen LogP) is 3.22. The average Bonchev–Trinajstić information content (AvgIpc) is 2.65. The van der Waals surface area contributed by atoms with Gasteiger partial charge in [0.1, 0.15) is 17.5 Å². The molecule has 0 unspecified atom stereocenters. The molecule has 0 amide bonds. The molecule has 0 saturated heterocycles. The van der Waals surface area contributed by atoms with Crippen LogP contribution in [0.3, 0.4) is 0 Å². The number of ether oxygens (including phenoxy) is 1. The van der Waals surface area contributed by atoms with Crippen molar-refractivity contribution in [2.24, 2.45) is 12.8 Å². The van der Waals surface area contributed by atoms with E-state index in [0.29, 0.717) is 18.3 Å². The van der Waals surface area contributed by atoms with Crippen molar-refractivity contribution in [3.8, 4) is 5.75 Å². The minimum Gasteiger partial charge on any atom is -0.489 e. The molecule has 1 aromatic heterocycles. The summed E-state index contributed by atoms with van der Waals surface area (Å²) >= 11 is 9.69. The molecule has 108 valence electrons. The summed E-state index contributed by atoms with van der Waals surface area (Å²) in [7, 11) is 1.82. The van der Waals surface area contributed by atoms with Gasteiger partial charge in [-0.15, -0.1) is 0 Å². The van der Waals surface area contributed by atoms with Crippen molar-refractivity contribution in [3.63, 3.8) is 0 Å². The second-order valence-electron chi connectivity index (χ2n) is 4.56. The lowest BCUT2D eigenvalue weighted by atomic mass is 10.1. The fraction of sp³-hybridized carbons (Fsp3) is 0.357. The molecule has 0 aliphatic rings. The molecule has 4 nitrogen and oxygen atoms in total. The normalized spacial score (nSPS) is 10.8. The number of nitrogens with zero attached hydrogens (tertiary/aromatic N) is 2. The molecule has 2 N–H and O–H groups in total. The van der Waals surface area contributed by atoms with Crippen LogP contribution >= 0.6 is 27.5 Å². The van der Waals surface area contributed by atoms with Crippen molar-refractivity contribution in [3.05, 3.63) is 44.6 Å². The van der Waals surface area contributed by atoms with Crippen LogP contribution in [0.25, 0.3) is 0 Å². The smallest absolute Gasteiger partial charge is 0.133 e. The summed E-state index contributed by atoms with van der Waals surface area (Å²) in [5, 5.41) is 4.88. The third-order valence-corrected chi connectivity index (χ3v) is 4.33. The van der Waals surface area contributed by atoms with Gasteiger partial charge in [0.2, 0.25) is 0 Å². The third-order valence-electron chi connectivity index (χ3n) is 3.08. The number of halogens is 2. The van der Waals surface area contributed by atoms with Crippen molar-refractivity contribution in [2.75, 3.05) is 6.54 Å². The molecular weight excluding hydrogens is 342 g/mol. The van der Waals surface area contributed by atoms with E-state index in [-0.39, 0.29) is 0 Å². The zero-order chi connectivity index (χ0) is 14.7. The van der Waals surface area contributed by atoms with Gasteiger partial charge in [0, 0.05) is 17.1 Å². The van der Waals surface area contributed by atoms with Crippen molar-refractivity contribution >= 4 is 27.5 Å². The van der Waals surface area contributed by atoms with E-state index < -0.39 is 0 Å². The average molecular weight is 359 g/mol. The highest BCUT2D eigenvalue weighted by atomic mass is 79.9. The Hall–Kier alpha value is -1.04. The molecule has 0 spiro atoms. The fourth-order valence-corrected chi connectivity index (χ4v) is 2.66. The molecule has 2 rings (SSSR count). The van der Waals surface area contributed by atoms with Crippen LogP contribution in [0.2, 0.25) is 5.15 Å².